The molecule has 1 saturated carbocycles. The van der Waals surface area contributed by atoms with Crippen LogP contribution in [0, 0.1) is 11.3 Å². The first-order chi connectivity index (χ1) is 9.94. The molecular weight excluding hydrogens is 262 g/mol. The van der Waals surface area contributed by atoms with Gasteiger partial charge in [-0.1, -0.05) is 39.0 Å². The normalized spacial score (nSPS) is 22.8. The van der Waals surface area contributed by atoms with Crippen molar-refractivity contribution in [2.24, 2.45) is 16.4 Å². The zero-order valence-corrected chi connectivity index (χ0v) is 13.1. The van der Waals surface area contributed by atoms with Gasteiger partial charge in [-0.05, 0) is 42.7 Å². The van der Waals surface area contributed by atoms with Crippen molar-refractivity contribution in [3.63, 3.8) is 0 Å². The van der Waals surface area contributed by atoms with Crippen molar-refractivity contribution >= 4 is 17.3 Å². The first kappa shape index (κ1) is 15.5. The molecule has 1 aromatic carbocycles. The Morgan fingerprint density at radius 1 is 1.33 bits per heavy atom. The molecule has 4 nitrogen and oxygen atoms in total. The first-order valence-electron chi connectivity index (χ1n) is 7.58. The van der Waals surface area contributed by atoms with Gasteiger partial charge in [0.1, 0.15) is 0 Å². The van der Waals surface area contributed by atoms with Gasteiger partial charge in [-0.25, -0.2) is 5.43 Å². The number of carbonyl (C=O) groups excluding carboxylic acids is 1. The van der Waals surface area contributed by atoms with E-state index in [1.54, 1.807) is 0 Å². The van der Waals surface area contributed by atoms with E-state index in [9.17, 15) is 4.79 Å². The third-order valence-electron chi connectivity index (χ3n) is 3.73. The van der Waals surface area contributed by atoms with Crippen molar-refractivity contribution in [3.8, 4) is 0 Å². The van der Waals surface area contributed by atoms with Gasteiger partial charge < -0.3 is 5.32 Å². The van der Waals surface area contributed by atoms with E-state index in [1.165, 1.54) is 6.42 Å². The van der Waals surface area contributed by atoms with E-state index in [-0.39, 0.29) is 17.9 Å². The zero-order valence-electron chi connectivity index (χ0n) is 13.1. The minimum absolute atomic E-state index is 0.109. The molecule has 114 valence electrons. The number of carbonyl (C=O) groups is 1. The van der Waals surface area contributed by atoms with Crippen LogP contribution in [0.5, 0.6) is 0 Å². The van der Waals surface area contributed by atoms with Crippen LogP contribution in [-0.2, 0) is 4.79 Å². The van der Waals surface area contributed by atoms with E-state index in [0.29, 0.717) is 5.92 Å². The average Bonchev–Trinajstić information content (AvgIpc) is 2.42. The Kier molecular flexibility index (Phi) is 4.99. The minimum Gasteiger partial charge on any atom is -0.376 e. The summed E-state index contributed by atoms with van der Waals surface area (Å²) in [5.74, 6) is 0.522. The highest BCUT2D eigenvalue weighted by atomic mass is 16.2. The topological polar surface area (TPSA) is 53.5 Å². The van der Waals surface area contributed by atoms with Crippen LogP contribution < -0.4 is 10.7 Å². The van der Waals surface area contributed by atoms with Crippen LogP contribution in [-0.4, -0.2) is 18.2 Å². The SMILES string of the molecule is C[C@@H]1C/C(=N/NC(=O)CNc2ccccc2)CC(C)(C)C1. The molecule has 1 fully saturated rings. The lowest BCUT2D eigenvalue weighted by Gasteiger charge is -2.34. The Balaban J connectivity index is 1.81. The second-order valence-corrected chi connectivity index (χ2v) is 6.79. The molecule has 1 amide bonds. The monoisotopic (exact) mass is 287 g/mol. The van der Waals surface area contributed by atoms with Crippen LogP contribution in [0.25, 0.3) is 0 Å². The van der Waals surface area contributed by atoms with Crippen LogP contribution in [0.4, 0.5) is 5.69 Å². The predicted octanol–water partition coefficient (Wildman–Crippen LogP) is 3.42. The largest absolute Gasteiger partial charge is 0.376 e. The molecular formula is C17H25N3O. The Bertz CT molecular complexity index is 508. The van der Waals surface area contributed by atoms with Crippen molar-refractivity contribution in [2.45, 2.75) is 40.0 Å². The summed E-state index contributed by atoms with van der Waals surface area (Å²) in [6.07, 6.45) is 3.16. The first-order valence-corrected chi connectivity index (χ1v) is 7.58. The fourth-order valence-corrected chi connectivity index (χ4v) is 3.12. The molecule has 1 aliphatic rings. The van der Waals surface area contributed by atoms with Crippen molar-refractivity contribution < 1.29 is 4.79 Å². The van der Waals surface area contributed by atoms with E-state index in [1.807, 2.05) is 30.3 Å². The summed E-state index contributed by atoms with van der Waals surface area (Å²) in [7, 11) is 0. The molecule has 0 heterocycles. The molecule has 1 aliphatic carbocycles. The number of hydrogen-bond acceptors (Lipinski definition) is 3. The van der Waals surface area contributed by atoms with Gasteiger partial charge in [-0.15, -0.1) is 0 Å². The third-order valence-corrected chi connectivity index (χ3v) is 3.73. The van der Waals surface area contributed by atoms with Crippen molar-refractivity contribution in [3.05, 3.63) is 30.3 Å². The molecule has 0 aliphatic heterocycles. The van der Waals surface area contributed by atoms with Gasteiger partial charge in [0.05, 0.1) is 6.54 Å². The van der Waals surface area contributed by atoms with Gasteiger partial charge in [-0.3, -0.25) is 4.79 Å². The maximum Gasteiger partial charge on any atom is 0.259 e. The summed E-state index contributed by atoms with van der Waals surface area (Å²) >= 11 is 0. The summed E-state index contributed by atoms with van der Waals surface area (Å²) in [5.41, 5.74) is 4.99. The quantitative estimate of drug-likeness (QED) is 0.834. The number of para-hydroxylation sites is 1. The highest BCUT2D eigenvalue weighted by Crippen LogP contribution is 2.36. The Labute approximate surface area is 127 Å². The van der Waals surface area contributed by atoms with Crippen molar-refractivity contribution in [2.75, 3.05) is 11.9 Å². The second kappa shape index (κ2) is 6.74. The molecule has 2 rings (SSSR count). The Hall–Kier alpha value is -1.84. The van der Waals surface area contributed by atoms with E-state index < -0.39 is 0 Å². The predicted molar refractivity (Wildman–Crippen MR) is 87.3 cm³/mol. The molecule has 0 aromatic heterocycles. The van der Waals surface area contributed by atoms with Crippen LogP contribution >= 0.6 is 0 Å². The van der Waals surface area contributed by atoms with E-state index in [2.05, 4.69) is 36.6 Å². The summed E-state index contributed by atoms with van der Waals surface area (Å²) in [6, 6.07) is 9.69. The fourth-order valence-electron chi connectivity index (χ4n) is 3.12. The molecule has 2 N–H and O–H groups in total. The van der Waals surface area contributed by atoms with Crippen LogP contribution in [0.15, 0.2) is 35.4 Å². The number of amides is 1. The van der Waals surface area contributed by atoms with Gasteiger partial charge in [-0.2, -0.15) is 5.10 Å². The summed E-state index contributed by atoms with van der Waals surface area (Å²) < 4.78 is 0. The van der Waals surface area contributed by atoms with E-state index in [0.717, 1.165) is 24.2 Å². The van der Waals surface area contributed by atoms with E-state index >= 15 is 0 Å². The minimum atomic E-state index is -0.109. The zero-order chi connectivity index (χ0) is 15.3. The molecule has 0 saturated heterocycles. The highest BCUT2D eigenvalue weighted by Gasteiger charge is 2.29. The molecule has 4 heteroatoms. The molecule has 0 spiro atoms. The molecule has 0 bridgehead atoms. The average molecular weight is 287 g/mol. The Morgan fingerprint density at radius 3 is 2.71 bits per heavy atom. The highest BCUT2D eigenvalue weighted by molar-refractivity contribution is 5.88. The van der Waals surface area contributed by atoms with Crippen LogP contribution in [0.1, 0.15) is 40.0 Å². The van der Waals surface area contributed by atoms with Crippen LogP contribution in [0.3, 0.4) is 0 Å². The van der Waals surface area contributed by atoms with Crippen LogP contribution in [0.2, 0.25) is 0 Å². The number of rotatable bonds is 4. The lowest BCUT2D eigenvalue weighted by Crippen LogP contribution is -2.31. The maximum absolute atomic E-state index is 11.8. The van der Waals surface area contributed by atoms with E-state index in [4.69, 9.17) is 0 Å². The number of nitrogens with one attached hydrogen (secondary N) is 2. The van der Waals surface area contributed by atoms with Gasteiger partial charge in [0.25, 0.3) is 5.91 Å². The summed E-state index contributed by atoms with van der Waals surface area (Å²) in [6.45, 7) is 7.00. The summed E-state index contributed by atoms with van der Waals surface area (Å²) in [4.78, 5) is 11.8. The molecule has 1 aromatic rings. The standard InChI is InChI=1S/C17H25N3O/c1-13-9-15(11-17(2,3)10-13)19-20-16(21)12-18-14-7-5-4-6-8-14/h4-8,13,18H,9-12H2,1-3H3,(H,20,21)/b19-15-/t13-/m1/s1. The van der Waals surface area contributed by atoms with Gasteiger partial charge in [0.15, 0.2) is 0 Å². The number of hydrazone groups is 1. The maximum atomic E-state index is 11.8. The fraction of sp³-hybridized carbons (Fsp3) is 0.529. The third kappa shape index (κ3) is 5.21. The number of benzene rings is 1. The molecule has 1 atom stereocenters. The van der Waals surface area contributed by atoms with Gasteiger partial charge in [0.2, 0.25) is 0 Å². The number of anilines is 1. The van der Waals surface area contributed by atoms with Crippen molar-refractivity contribution in [1.82, 2.24) is 5.43 Å². The summed E-state index contributed by atoms with van der Waals surface area (Å²) in [5, 5.41) is 7.39. The van der Waals surface area contributed by atoms with Gasteiger partial charge >= 0.3 is 0 Å². The van der Waals surface area contributed by atoms with Gasteiger partial charge in [0, 0.05) is 11.4 Å². The lowest BCUT2D eigenvalue weighted by atomic mass is 9.72. The van der Waals surface area contributed by atoms with Crippen molar-refractivity contribution in [1.29, 1.82) is 0 Å². The molecule has 0 radical (unpaired) electrons. The second-order valence-electron chi connectivity index (χ2n) is 6.79. The molecule has 0 unspecified atom stereocenters. The smallest absolute Gasteiger partial charge is 0.259 e. The number of hydrogen-bond donors (Lipinski definition) is 2. The molecule has 21 heavy (non-hydrogen) atoms. The lowest BCUT2D eigenvalue weighted by molar-refractivity contribution is -0.119. The number of nitrogens with zero attached hydrogens (tertiary/aromatic N) is 1. The Morgan fingerprint density at radius 2 is 2.05 bits per heavy atom.